The van der Waals surface area contributed by atoms with Crippen LogP contribution < -0.4 is 5.73 Å². The van der Waals surface area contributed by atoms with E-state index < -0.39 is 0 Å². The van der Waals surface area contributed by atoms with Crippen LogP contribution in [0.25, 0.3) is 6.08 Å². The number of nitrogens with two attached hydrogens (primary N) is 1. The molecule has 0 saturated heterocycles. The molecule has 0 radical (unpaired) electrons. The molecule has 4 aliphatic rings. The van der Waals surface area contributed by atoms with Gasteiger partial charge in [0.1, 0.15) is 0 Å². The molecule has 0 spiro atoms. The molecule has 0 aromatic carbocycles. The van der Waals surface area contributed by atoms with Crippen LogP contribution in [0, 0.1) is 29.6 Å². The van der Waals surface area contributed by atoms with Gasteiger partial charge in [-0.3, -0.25) is 0 Å². The van der Waals surface area contributed by atoms with Gasteiger partial charge in [-0.2, -0.15) is 0 Å². The predicted octanol–water partition coefficient (Wildman–Crippen LogP) is 2.65. The Morgan fingerprint density at radius 2 is 1.80 bits per heavy atom. The van der Waals surface area contributed by atoms with E-state index in [-0.39, 0.29) is 6.04 Å². The average Bonchev–Trinajstić information content (AvgIpc) is 2.85. The SMILES string of the molecule is C=Cc1nnc(CC(N)C2C3CC4CC(C3)CC2C4)o1. The van der Waals surface area contributed by atoms with Gasteiger partial charge in [0, 0.05) is 12.5 Å². The quantitative estimate of drug-likeness (QED) is 0.916. The van der Waals surface area contributed by atoms with E-state index in [9.17, 15) is 0 Å². The van der Waals surface area contributed by atoms with E-state index in [2.05, 4.69) is 16.8 Å². The molecule has 108 valence electrons. The third-order valence-corrected chi connectivity index (χ3v) is 5.86. The van der Waals surface area contributed by atoms with E-state index in [0.29, 0.717) is 24.1 Å². The monoisotopic (exact) mass is 273 g/mol. The van der Waals surface area contributed by atoms with E-state index in [4.69, 9.17) is 10.2 Å². The predicted molar refractivity (Wildman–Crippen MR) is 76.6 cm³/mol. The standard InChI is InChI=1S/C16H23N3O/c1-2-14-18-19-15(20-14)8-13(17)16-11-4-9-3-10(6-11)7-12(16)5-9/h2,9-13,16H,1,3-8,17H2. The summed E-state index contributed by atoms with van der Waals surface area (Å²) in [6.07, 6.45) is 9.43. The van der Waals surface area contributed by atoms with E-state index in [1.165, 1.54) is 32.1 Å². The van der Waals surface area contributed by atoms with Crippen LogP contribution in [-0.4, -0.2) is 16.2 Å². The van der Waals surface area contributed by atoms with E-state index in [1.807, 2.05) is 0 Å². The summed E-state index contributed by atoms with van der Waals surface area (Å²) in [4.78, 5) is 0. The molecule has 20 heavy (non-hydrogen) atoms. The fourth-order valence-corrected chi connectivity index (χ4v) is 5.44. The van der Waals surface area contributed by atoms with Gasteiger partial charge < -0.3 is 10.2 Å². The molecule has 0 aliphatic heterocycles. The van der Waals surface area contributed by atoms with Gasteiger partial charge in [0.05, 0.1) is 0 Å². The van der Waals surface area contributed by atoms with Gasteiger partial charge in [0.15, 0.2) is 0 Å². The van der Waals surface area contributed by atoms with Crippen molar-refractivity contribution in [3.05, 3.63) is 18.4 Å². The molecule has 2 N–H and O–H groups in total. The van der Waals surface area contributed by atoms with Crippen molar-refractivity contribution in [2.75, 3.05) is 0 Å². The Kier molecular flexibility index (Phi) is 2.95. The van der Waals surface area contributed by atoms with Gasteiger partial charge >= 0.3 is 0 Å². The van der Waals surface area contributed by atoms with Crippen molar-refractivity contribution < 1.29 is 4.42 Å². The molecule has 4 nitrogen and oxygen atoms in total. The van der Waals surface area contributed by atoms with Gasteiger partial charge in [-0.05, 0) is 67.8 Å². The Morgan fingerprint density at radius 1 is 1.15 bits per heavy atom. The van der Waals surface area contributed by atoms with Gasteiger partial charge in [0.25, 0.3) is 0 Å². The van der Waals surface area contributed by atoms with Gasteiger partial charge in [-0.1, -0.05) is 6.58 Å². The zero-order valence-corrected chi connectivity index (χ0v) is 11.9. The zero-order valence-electron chi connectivity index (χ0n) is 11.9. The minimum Gasteiger partial charge on any atom is -0.421 e. The summed E-state index contributed by atoms with van der Waals surface area (Å²) < 4.78 is 5.53. The third kappa shape index (κ3) is 2.01. The fourth-order valence-electron chi connectivity index (χ4n) is 5.44. The Balaban J connectivity index is 1.48. The normalized spacial score (nSPS) is 40.0. The summed E-state index contributed by atoms with van der Waals surface area (Å²) >= 11 is 0. The average molecular weight is 273 g/mol. The lowest BCUT2D eigenvalue weighted by Gasteiger charge is -2.56. The molecule has 4 heteroatoms. The minimum absolute atomic E-state index is 0.170. The highest BCUT2D eigenvalue weighted by Gasteiger charge is 2.49. The second kappa shape index (κ2) is 4.69. The second-order valence-electron chi connectivity index (χ2n) is 7.11. The van der Waals surface area contributed by atoms with Crippen molar-refractivity contribution in [1.82, 2.24) is 10.2 Å². The van der Waals surface area contributed by atoms with Crippen LogP contribution in [0.3, 0.4) is 0 Å². The van der Waals surface area contributed by atoms with Crippen LogP contribution in [0.2, 0.25) is 0 Å². The zero-order chi connectivity index (χ0) is 13.7. The molecular formula is C16H23N3O. The molecule has 4 aliphatic carbocycles. The topological polar surface area (TPSA) is 64.9 Å². The minimum atomic E-state index is 0.170. The third-order valence-electron chi connectivity index (χ3n) is 5.86. The van der Waals surface area contributed by atoms with Crippen LogP contribution in [-0.2, 0) is 6.42 Å². The van der Waals surface area contributed by atoms with Crippen LogP contribution >= 0.6 is 0 Å². The highest BCUT2D eigenvalue weighted by molar-refractivity contribution is 5.32. The molecule has 1 aromatic rings. The number of nitrogens with zero attached hydrogens (tertiary/aromatic N) is 2. The van der Waals surface area contributed by atoms with Crippen molar-refractivity contribution >= 4 is 6.08 Å². The summed E-state index contributed by atoms with van der Waals surface area (Å²) in [5.74, 6) is 5.53. The summed E-state index contributed by atoms with van der Waals surface area (Å²) in [6, 6.07) is 0.170. The summed E-state index contributed by atoms with van der Waals surface area (Å²) in [6.45, 7) is 3.65. The first-order chi connectivity index (χ1) is 9.72. The number of hydrogen-bond donors (Lipinski definition) is 1. The molecule has 4 saturated carbocycles. The Bertz CT molecular complexity index is 482. The maximum Gasteiger partial charge on any atom is 0.239 e. The molecule has 0 amide bonds. The van der Waals surface area contributed by atoms with Crippen LogP contribution in [0.1, 0.15) is 43.9 Å². The lowest BCUT2D eigenvalue weighted by atomic mass is 9.50. The molecule has 5 rings (SSSR count). The maximum absolute atomic E-state index is 6.53. The molecule has 4 bridgehead atoms. The largest absolute Gasteiger partial charge is 0.421 e. The Labute approximate surface area is 119 Å². The van der Waals surface area contributed by atoms with E-state index >= 15 is 0 Å². The van der Waals surface area contributed by atoms with Gasteiger partial charge in [-0.25, -0.2) is 0 Å². The summed E-state index contributed by atoms with van der Waals surface area (Å²) in [5, 5.41) is 8.01. The number of aromatic nitrogens is 2. The van der Waals surface area contributed by atoms with Crippen molar-refractivity contribution in [2.45, 2.75) is 44.6 Å². The smallest absolute Gasteiger partial charge is 0.239 e. The molecule has 1 atom stereocenters. The summed E-state index contributed by atoms with van der Waals surface area (Å²) in [7, 11) is 0. The molecule has 1 aromatic heterocycles. The van der Waals surface area contributed by atoms with Crippen molar-refractivity contribution in [2.24, 2.45) is 35.3 Å². The van der Waals surface area contributed by atoms with Gasteiger partial charge in [-0.15, -0.1) is 10.2 Å². The molecule has 1 heterocycles. The van der Waals surface area contributed by atoms with Gasteiger partial charge in [0.2, 0.25) is 11.8 Å². The highest BCUT2D eigenvalue weighted by atomic mass is 16.4. The first-order valence-corrected chi connectivity index (χ1v) is 7.93. The lowest BCUT2D eigenvalue weighted by molar-refractivity contribution is -0.0471. The summed E-state index contributed by atoms with van der Waals surface area (Å²) in [5.41, 5.74) is 6.53. The first kappa shape index (κ1) is 12.6. The molecule has 1 unspecified atom stereocenters. The van der Waals surface area contributed by atoms with Crippen LogP contribution in [0.4, 0.5) is 0 Å². The van der Waals surface area contributed by atoms with Crippen molar-refractivity contribution in [3.8, 4) is 0 Å². The lowest BCUT2D eigenvalue weighted by Crippen LogP contribution is -2.52. The maximum atomic E-state index is 6.53. The number of hydrogen-bond acceptors (Lipinski definition) is 4. The molecule has 4 fully saturated rings. The first-order valence-electron chi connectivity index (χ1n) is 7.93. The Morgan fingerprint density at radius 3 is 2.35 bits per heavy atom. The van der Waals surface area contributed by atoms with E-state index in [0.717, 1.165) is 23.7 Å². The van der Waals surface area contributed by atoms with Crippen molar-refractivity contribution in [1.29, 1.82) is 0 Å². The Hall–Kier alpha value is -1.16. The highest BCUT2D eigenvalue weighted by Crippen LogP contribution is 2.57. The van der Waals surface area contributed by atoms with E-state index in [1.54, 1.807) is 6.08 Å². The van der Waals surface area contributed by atoms with Crippen LogP contribution in [0.15, 0.2) is 11.0 Å². The molecular weight excluding hydrogens is 250 g/mol. The second-order valence-corrected chi connectivity index (χ2v) is 7.11. The number of rotatable bonds is 4. The van der Waals surface area contributed by atoms with Crippen LogP contribution in [0.5, 0.6) is 0 Å². The fraction of sp³-hybridized carbons (Fsp3) is 0.750. The van der Waals surface area contributed by atoms with Crippen molar-refractivity contribution in [3.63, 3.8) is 0 Å².